The van der Waals surface area contributed by atoms with Gasteiger partial charge in [-0.1, -0.05) is 13.8 Å². The number of aliphatic hydroxyl groups excluding tert-OH is 2. The zero-order valence-corrected chi connectivity index (χ0v) is 14.9. The molecule has 0 aromatic rings. The van der Waals surface area contributed by atoms with Gasteiger partial charge < -0.3 is 20.1 Å². The molecule has 0 unspecified atom stereocenters. The number of hydrogen-bond acceptors (Lipinski definition) is 4. The van der Waals surface area contributed by atoms with Gasteiger partial charge in [0.2, 0.25) is 0 Å². The van der Waals surface area contributed by atoms with Gasteiger partial charge >= 0.3 is 5.97 Å². The molecule has 0 spiro atoms. The van der Waals surface area contributed by atoms with E-state index in [9.17, 15) is 15.0 Å². The Balaban J connectivity index is 1.83. The molecular weight excluding hydrogens is 308 g/mol. The van der Waals surface area contributed by atoms with Gasteiger partial charge in [0, 0.05) is 12.5 Å². The molecular formula is C19H32O5. The molecule has 2 aliphatic carbocycles. The highest BCUT2D eigenvalue weighted by molar-refractivity contribution is 5.67. The summed E-state index contributed by atoms with van der Waals surface area (Å²) in [7, 11) is 0. The lowest BCUT2D eigenvalue weighted by molar-refractivity contribution is -0.142. The number of carbonyl (C=O) groups is 1. The average Bonchev–Trinajstić information content (AvgIpc) is 2.98. The van der Waals surface area contributed by atoms with Crippen molar-refractivity contribution in [2.75, 3.05) is 13.2 Å². The number of allylic oxidation sites excluding steroid dienone is 1. The first-order chi connectivity index (χ1) is 11.4. The lowest BCUT2D eigenvalue weighted by Crippen LogP contribution is -2.22. The van der Waals surface area contributed by atoms with Crippen LogP contribution in [0.15, 0.2) is 11.8 Å². The summed E-state index contributed by atoms with van der Waals surface area (Å²) in [4.78, 5) is 10.5. The minimum atomic E-state index is -0.932. The Morgan fingerprint density at radius 1 is 1.25 bits per heavy atom. The van der Waals surface area contributed by atoms with Crippen LogP contribution in [0.5, 0.6) is 0 Å². The van der Waals surface area contributed by atoms with Crippen molar-refractivity contribution in [3.8, 4) is 0 Å². The molecule has 0 saturated heterocycles. The third-order valence-corrected chi connectivity index (χ3v) is 5.60. The second kappa shape index (κ2) is 8.86. The zero-order chi connectivity index (χ0) is 17.7. The molecule has 2 saturated carbocycles. The fourth-order valence-corrected chi connectivity index (χ4v) is 4.49. The number of fused-ring (bicyclic) bond motifs is 1. The van der Waals surface area contributed by atoms with E-state index in [1.807, 2.05) is 6.08 Å². The monoisotopic (exact) mass is 340 g/mol. The number of hydrogen-bond donors (Lipinski definition) is 3. The van der Waals surface area contributed by atoms with Gasteiger partial charge in [0.25, 0.3) is 0 Å². The summed E-state index contributed by atoms with van der Waals surface area (Å²) in [5.41, 5.74) is 0. The van der Waals surface area contributed by atoms with Gasteiger partial charge in [-0.25, -0.2) is 4.79 Å². The highest BCUT2D eigenvalue weighted by Crippen LogP contribution is 2.52. The molecule has 24 heavy (non-hydrogen) atoms. The molecule has 0 radical (unpaired) electrons. The molecule has 138 valence electrons. The quantitative estimate of drug-likeness (QED) is 0.442. The Labute approximate surface area is 144 Å². The van der Waals surface area contributed by atoms with Crippen LogP contribution in [0.2, 0.25) is 0 Å². The van der Waals surface area contributed by atoms with Crippen LogP contribution in [0.25, 0.3) is 0 Å². The standard InChI is InChI=1S/C19H32O5/c1-12(2)4-3-5-16(20)19-15-9-13(6-7-24-11-18(22)23)8-14(15)10-17(19)21/h5,12-15,17,19-21H,3-4,6-11H2,1-2H3,(H,22,23)/t13-,14-,15-,17-,19+/m1/s1. The van der Waals surface area contributed by atoms with Crippen LogP contribution in [0.3, 0.4) is 0 Å². The molecule has 0 aliphatic heterocycles. The lowest BCUT2D eigenvalue weighted by Gasteiger charge is -2.21. The van der Waals surface area contributed by atoms with Crippen molar-refractivity contribution in [3.63, 3.8) is 0 Å². The normalized spacial score (nSPS) is 33.2. The number of carboxylic acids is 1. The van der Waals surface area contributed by atoms with E-state index in [4.69, 9.17) is 9.84 Å². The highest BCUT2D eigenvalue weighted by atomic mass is 16.5. The van der Waals surface area contributed by atoms with E-state index >= 15 is 0 Å². The summed E-state index contributed by atoms with van der Waals surface area (Å²) in [5, 5.41) is 29.4. The maximum Gasteiger partial charge on any atom is 0.329 e. The number of rotatable bonds is 9. The molecule has 2 rings (SSSR count). The molecule has 5 nitrogen and oxygen atoms in total. The second-order valence-corrected chi connectivity index (χ2v) is 7.93. The Hall–Kier alpha value is -1.07. The molecule has 5 heteroatoms. The molecule has 0 bridgehead atoms. The Morgan fingerprint density at radius 2 is 2.00 bits per heavy atom. The first-order valence-corrected chi connectivity index (χ1v) is 9.25. The van der Waals surface area contributed by atoms with E-state index in [1.165, 1.54) is 0 Å². The first-order valence-electron chi connectivity index (χ1n) is 9.25. The molecule has 2 aliphatic rings. The maximum atomic E-state index is 10.5. The summed E-state index contributed by atoms with van der Waals surface area (Å²) in [5.74, 6) is 1.25. The van der Waals surface area contributed by atoms with Gasteiger partial charge in [0.15, 0.2) is 0 Å². The minimum Gasteiger partial charge on any atom is -0.512 e. The largest absolute Gasteiger partial charge is 0.512 e. The van der Waals surface area contributed by atoms with Crippen LogP contribution in [0.4, 0.5) is 0 Å². The third-order valence-electron chi connectivity index (χ3n) is 5.60. The second-order valence-electron chi connectivity index (χ2n) is 7.93. The van der Waals surface area contributed by atoms with Crippen molar-refractivity contribution in [1.29, 1.82) is 0 Å². The predicted octanol–water partition coefficient (Wildman–Crippen LogP) is 3.38. The SMILES string of the molecule is CC(C)CCC=C(O)[C@@H]1[C@@H]2C[C@H](CCOCC(=O)O)C[C@@H]2C[C@H]1O. The fourth-order valence-electron chi connectivity index (χ4n) is 4.49. The van der Waals surface area contributed by atoms with Gasteiger partial charge in [0.1, 0.15) is 6.61 Å². The lowest BCUT2D eigenvalue weighted by atomic mass is 9.88. The number of aliphatic carboxylic acids is 1. The van der Waals surface area contributed by atoms with E-state index in [2.05, 4.69) is 13.8 Å². The van der Waals surface area contributed by atoms with Crippen molar-refractivity contribution < 1.29 is 24.9 Å². The zero-order valence-electron chi connectivity index (χ0n) is 14.9. The van der Waals surface area contributed by atoms with E-state index in [0.717, 1.165) is 38.5 Å². The summed E-state index contributed by atoms with van der Waals surface area (Å²) in [6.45, 7) is 4.57. The molecule has 0 heterocycles. The molecule has 3 N–H and O–H groups in total. The molecule has 0 aromatic carbocycles. The van der Waals surface area contributed by atoms with E-state index in [0.29, 0.717) is 36.0 Å². The summed E-state index contributed by atoms with van der Waals surface area (Å²) >= 11 is 0. The first kappa shape index (κ1) is 19.3. The topological polar surface area (TPSA) is 87.0 Å². The maximum absolute atomic E-state index is 10.5. The number of aliphatic hydroxyl groups is 2. The third kappa shape index (κ3) is 5.21. The van der Waals surface area contributed by atoms with Crippen LogP contribution in [0, 0.1) is 29.6 Å². The number of ether oxygens (including phenoxy) is 1. The molecule has 0 aromatic heterocycles. The van der Waals surface area contributed by atoms with Crippen LogP contribution in [-0.2, 0) is 9.53 Å². The molecule has 0 amide bonds. The van der Waals surface area contributed by atoms with Crippen molar-refractivity contribution in [2.24, 2.45) is 29.6 Å². The van der Waals surface area contributed by atoms with Crippen LogP contribution >= 0.6 is 0 Å². The summed E-state index contributed by atoms with van der Waals surface area (Å²) in [6.07, 6.45) is 7.05. The van der Waals surface area contributed by atoms with Crippen molar-refractivity contribution in [3.05, 3.63) is 11.8 Å². The predicted molar refractivity (Wildman–Crippen MR) is 91.7 cm³/mol. The van der Waals surface area contributed by atoms with Gasteiger partial charge in [-0.3, -0.25) is 0 Å². The van der Waals surface area contributed by atoms with Gasteiger partial charge in [-0.15, -0.1) is 0 Å². The minimum absolute atomic E-state index is 0.118. The van der Waals surface area contributed by atoms with Gasteiger partial charge in [-0.2, -0.15) is 0 Å². The van der Waals surface area contributed by atoms with E-state index in [-0.39, 0.29) is 12.5 Å². The van der Waals surface area contributed by atoms with Crippen molar-refractivity contribution >= 4 is 5.97 Å². The van der Waals surface area contributed by atoms with E-state index < -0.39 is 12.1 Å². The molecule has 2 fully saturated rings. The fraction of sp³-hybridized carbons (Fsp3) is 0.842. The van der Waals surface area contributed by atoms with Crippen LogP contribution in [0.1, 0.15) is 52.4 Å². The smallest absolute Gasteiger partial charge is 0.329 e. The van der Waals surface area contributed by atoms with Crippen LogP contribution < -0.4 is 0 Å². The Kier molecular flexibility index (Phi) is 7.11. The average molecular weight is 340 g/mol. The number of carboxylic acid groups (broad SMARTS) is 1. The summed E-state index contributed by atoms with van der Waals surface area (Å²) in [6, 6.07) is 0. The van der Waals surface area contributed by atoms with Crippen LogP contribution in [-0.4, -0.2) is 40.6 Å². The van der Waals surface area contributed by atoms with Gasteiger partial charge in [0.05, 0.1) is 11.9 Å². The van der Waals surface area contributed by atoms with Crippen molar-refractivity contribution in [1.82, 2.24) is 0 Å². The Morgan fingerprint density at radius 3 is 2.67 bits per heavy atom. The Bertz CT molecular complexity index is 445. The van der Waals surface area contributed by atoms with Gasteiger partial charge in [-0.05, 0) is 68.3 Å². The van der Waals surface area contributed by atoms with E-state index in [1.54, 1.807) is 0 Å². The van der Waals surface area contributed by atoms with Crippen molar-refractivity contribution in [2.45, 2.75) is 58.5 Å². The highest BCUT2D eigenvalue weighted by Gasteiger charge is 2.49. The summed E-state index contributed by atoms with van der Waals surface area (Å²) < 4.78 is 5.14. The molecule has 5 atom stereocenters.